The summed E-state index contributed by atoms with van der Waals surface area (Å²) in [6.07, 6.45) is 1.10. The van der Waals surface area contributed by atoms with Crippen LogP contribution in [0.4, 0.5) is 0 Å². The molecule has 2 rings (SSSR count). The van der Waals surface area contributed by atoms with Crippen molar-refractivity contribution in [3.63, 3.8) is 0 Å². The molecule has 1 atom stereocenters. The molecule has 1 N–H and O–H groups in total. The molecule has 0 fully saturated rings. The number of hydrogen-bond donors (Lipinski definition) is 1. The van der Waals surface area contributed by atoms with Gasteiger partial charge in [0.25, 0.3) is 0 Å². The summed E-state index contributed by atoms with van der Waals surface area (Å²) in [7, 11) is 0. The van der Waals surface area contributed by atoms with E-state index in [0.29, 0.717) is 24.7 Å². The Morgan fingerprint density at radius 1 is 1.16 bits per heavy atom. The molecule has 1 aliphatic rings. The average molecular weight is 263 g/mol. The number of hydrogen-bond acceptors (Lipinski definition) is 3. The van der Waals surface area contributed by atoms with Crippen LogP contribution in [0.1, 0.15) is 45.7 Å². The van der Waals surface area contributed by atoms with Gasteiger partial charge < -0.3 is 14.8 Å². The third kappa shape index (κ3) is 3.87. The fourth-order valence-corrected chi connectivity index (χ4v) is 2.44. The normalized spacial score (nSPS) is 16.2. The van der Waals surface area contributed by atoms with Crippen LogP contribution in [0.25, 0.3) is 0 Å². The molecule has 1 heterocycles. The summed E-state index contributed by atoms with van der Waals surface area (Å²) in [6.45, 7) is 11.2. The molecular formula is C16H25NO2. The van der Waals surface area contributed by atoms with Gasteiger partial charge in [0.15, 0.2) is 11.5 Å². The minimum absolute atomic E-state index is 0.292. The van der Waals surface area contributed by atoms with Crippen LogP contribution in [-0.2, 0) is 0 Å². The second kappa shape index (κ2) is 5.83. The monoisotopic (exact) mass is 263 g/mol. The van der Waals surface area contributed by atoms with Gasteiger partial charge in [0, 0.05) is 6.04 Å². The molecule has 1 aliphatic heterocycles. The Morgan fingerprint density at radius 2 is 1.84 bits per heavy atom. The fourth-order valence-electron chi connectivity index (χ4n) is 2.44. The molecule has 0 saturated carbocycles. The molecule has 0 aliphatic carbocycles. The highest BCUT2D eigenvalue weighted by Gasteiger charge is 2.21. The minimum atomic E-state index is 0.292. The Balaban J connectivity index is 2.21. The molecule has 3 nitrogen and oxygen atoms in total. The molecular weight excluding hydrogens is 238 g/mol. The van der Waals surface area contributed by atoms with Crippen molar-refractivity contribution in [3.05, 3.63) is 23.8 Å². The number of fused-ring (bicyclic) bond motifs is 1. The average Bonchev–Trinajstić information content (AvgIpc) is 2.36. The number of ether oxygens (including phenoxy) is 2. The highest BCUT2D eigenvalue weighted by molar-refractivity contribution is 5.44. The minimum Gasteiger partial charge on any atom is -0.486 e. The predicted octanol–water partition coefficient (Wildman–Crippen LogP) is 3.54. The van der Waals surface area contributed by atoms with Crippen molar-refractivity contribution >= 4 is 0 Å². The SMILES string of the molecule is CCNC(CC(C)(C)C)c1ccc2c(c1)OCCO2. The van der Waals surface area contributed by atoms with Crippen LogP contribution < -0.4 is 14.8 Å². The zero-order valence-corrected chi connectivity index (χ0v) is 12.5. The summed E-state index contributed by atoms with van der Waals surface area (Å²) in [5.41, 5.74) is 1.57. The Bertz CT molecular complexity index is 423. The first-order chi connectivity index (χ1) is 8.99. The third-order valence-electron chi connectivity index (χ3n) is 3.24. The molecule has 106 valence electrons. The molecule has 19 heavy (non-hydrogen) atoms. The maximum absolute atomic E-state index is 5.67. The summed E-state index contributed by atoms with van der Waals surface area (Å²) < 4.78 is 11.2. The third-order valence-corrected chi connectivity index (χ3v) is 3.24. The lowest BCUT2D eigenvalue weighted by Gasteiger charge is -2.28. The van der Waals surface area contributed by atoms with E-state index in [2.05, 4.69) is 45.1 Å². The lowest BCUT2D eigenvalue weighted by Crippen LogP contribution is -2.26. The summed E-state index contributed by atoms with van der Waals surface area (Å²) in [5, 5.41) is 3.57. The van der Waals surface area contributed by atoms with E-state index >= 15 is 0 Å². The molecule has 1 aromatic carbocycles. The first-order valence-electron chi connectivity index (χ1n) is 7.12. The Kier molecular flexibility index (Phi) is 4.35. The van der Waals surface area contributed by atoms with E-state index in [0.717, 1.165) is 24.5 Å². The van der Waals surface area contributed by atoms with E-state index in [4.69, 9.17) is 9.47 Å². The van der Waals surface area contributed by atoms with Gasteiger partial charge in [-0.1, -0.05) is 33.8 Å². The van der Waals surface area contributed by atoms with Crippen molar-refractivity contribution < 1.29 is 9.47 Å². The zero-order chi connectivity index (χ0) is 13.9. The first kappa shape index (κ1) is 14.2. The van der Waals surface area contributed by atoms with E-state index in [-0.39, 0.29) is 0 Å². The van der Waals surface area contributed by atoms with Crippen molar-refractivity contribution in [2.75, 3.05) is 19.8 Å². The van der Waals surface area contributed by atoms with Crippen LogP contribution in [0, 0.1) is 5.41 Å². The van der Waals surface area contributed by atoms with Gasteiger partial charge in [-0.2, -0.15) is 0 Å². The van der Waals surface area contributed by atoms with Gasteiger partial charge in [-0.3, -0.25) is 0 Å². The van der Waals surface area contributed by atoms with E-state index in [9.17, 15) is 0 Å². The van der Waals surface area contributed by atoms with Gasteiger partial charge in [0.2, 0.25) is 0 Å². The van der Waals surface area contributed by atoms with Crippen molar-refractivity contribution in [2.24, 2.45) is 5.41 Å². The second-order valence-electron chi connectivity index (χ2n) is 6.28. The summed E-state index contributed by atoms with van der Waals surface area (Å²) in [4.78, 5) is 0. The van der Waals surface area contributed by atoms with Crippen LogP contribution in [0.2, 0.25) is 0 Å². The maximum Gasteiger partial charge on any atom is 0.161 e. The molecule has 0 saturated heterocycles. The van der Waals surface area contributed by atoms with Crippen molar-refractivity contribution in [1.82, 2.24) is 5.32 Å². The maximum atomic E-state index is 5.67. The molecule has 3 heteroatoms. The van der Waals surface area contributed by atoms with Gasteiger partial charge >= 0.3 is 0 Å². The highest BCUT2D eigenvalue weighted by atomic mass is 16.6. The number of rotatable bonds is 4. The summed E-state index contributed by atoms with van der Waals surface area (Å²) in [5.74, 6) is 1.74. The van der Waals surface area contributed by atoms with Gasteiger partial charge in [0.05, 0.1) is 0 Å². The quantitative estimate of drug-likeness (QED) is 0.901. The molecule has 0 aromatic heterocycles. The summed E-state index contributed by atoms with van der Waals surface area (Å²) in [6, 6.07) is 6.65. The number of benzene rings is 1. The van der Waals surface area contributed by atoms with Gasteiger partial charge in [0.1, 0.15) is 13.2 Å². The van der Waals surface area contributed by atoms with E-state index in [1.807, 2.05) is 6.07 Å². The Labute approximate surface area is 116 Å². The van der Waals surface area contributed by atoms with Crippen LogP contribution >= 0.6 is 0 Å². The fraction of sp³-hybridized carbons (Fsp3) is 0.625. The van der Waals surface area contributed by atoms with E-state index < -0.39 is 0 Å². The Hall–Kier alpha value is -1.22. The highest BCUT2D eigenvalue weighted by Crippen LogP contribution is 2.36. The van der Waals surface area contributed by atoms with Gasteiger partial charge in [-0.05, 0) is 36.1 Å². The van der Waals surface area contributed by atoms with Gasteiger partial charge in [-0.15, -0.1) is 0 Å². The largest absolute Gasteiger partial charge is 0.486 e. The van der Waals surface area contributed by atoms with E-state index in [1.165, 1.54) is 5.56 Å². The molecule has 0 radical (unpaired) electrons. The van der Waals surface area contributed by atoms with Gasteiger partial charge in [-0.25, -0.2) is 0 Å². The smallest absolute Gasteiger partial charge is 0.161 e. The van der Waals surface area contributed by atoms with Crippen LogP contribution in [0.5, 0.6) is 11.5 Å². The standard InChI is InChI=1S/C16H25NO2/c1-5-17-13(11-16(2,3)4)12-6-7-14-15(10-12)19-9-8-18-14/h6-7,10,13,17H,5,8-9,11H2,1-4H3. The topological polar surface area (TPSA) is 30.5 Å². The van der Waals surface area contributed by atoms with Crippen molar-refractivity contribution in [3.8, 4) is 11.5 Å². The molecule has 1 unspecified atom stereocenters. The van der Waals surface area contributed by atoms with Crippen molar-refractivity contribution in [1.29, 1.82) is 0 Å². The van der Waals surface area contributed by atoms with Crippen LogP contribution in [-0.4, -0.2) is 19.8 Å². The molecule has 0 bridgehead atoms. The second-order valence-corrected chi connectivity index (χ2v) is 6.28. The predicted molar refractivity (Wildman–Crippen MR) is 77.9 cm³/mol. The van der Waals surface area contributed by atoms with E-state index in [1.54, 1.807) is 0 Å². The van der Waals surface area contributed by atoms with Crippen molar-refractivity contribution in [2.45, 2.75) is 40.2 Å². The Morgan fingerprint density at radius 3 is 2.47 bits per heavy atom. The first-order valence-corrected chi connectivity index (χ1v) is 7.12. The number of nitrogens with one attached hydrogen (secondary N) is 1. The lowest BCUT2D eigenvalue weighted by molar-refractivity contribution is 0.171. The lowest BCUT2D eigenvalue weighted by atomic mass is 9.85. The molecule has 1 aromatic rings. The molecule has 0 amide bonds. The van der Waals surface area contributed by atoms with Crippen LogP contribution in [0.15, 0.2) is 18.2 Å². The zero-order valence-electron chi connectivity index (χ0n) is 12.5. The molecule has 0 spiro atoms. The summed E-state index contributed by atoms with van der Waals surface area (Å²) >= 11 is 0. The van der Waals surface area contributed by atoms with Crippen LogP contribution in [0.3, 0.4) is 0 Å².